The molecule has 0 fully saturated rings. The van der Waals surface area contributed by atoms with Crippen LogP contribution in [0.1, 0.15) is 25.7 Å². The molecule has 0 aromatic rings. The molecular formula is C9H18N2O6S. The first-order valence-corrected chi connectivity index (χ1v) is 6.81. The quantitative estimate of drug-likeness (QED) is 0.475. The molecule has 1 amide bonds. The summed E-state index contributed by atoms with van der Waals surface area (Å²) in [4.78, 5) is 21.4. The van der Waals surface area contributed by atoms with Gasteiger partial charge in [-0.05, 0) is 12.8 Å². The van der Waals surface area contributed by atoms with Crippen molar-refractivity contribution in [2.45, 2.75) is 25.7 Å². The molecule has 0 aromatic heterocycles. The minimum absolute atomic E-state index is 0.174. The fourth-order valence-electron chi connectivity index (χ4n) is 1.07. The number of carbonyl (C=O) groups excluding carboxylic acids is 2. The van der Waals surface area contributed by atoms with E-state index >= 15 is 0 Å². The third-order valence-electron chi connectivity index (χ3n) is 1.98. The van der Waals surface area contributed by atoms with E-state index in [-0.39, 0.29) is 12.5 Å². The van der Waals surface area contributed by atoms with E-state index in [0.717, 1.165) is 7.11 Å². The van der Waals surface area contributed by atoms with Crippen molar-refractivity contribution in [3.63, 3.8) is 0 Å². The minimum atomic E-state index is -3.87. The first kappa shape index (κ1) is 16.6. The van der Waals surface area contributed by atoms with Gasteiger partial charge in [-0.15, -0.1) is 0 Å². The summed E-state index contributed by atoms with van der Waals surface area (Å²) in [5.74, 6) is -0.289. The van der Waals surface area contributed by atoms with Gasteiger partial charge in [0.05, 0.1) is 14.2 Å². The van der Waals surface area contributed by atoms with Crippen LogP contribution in [0, 0.1) is 0 Å². The van der Waals surface area contributed by atoms with E-state index in [1.165, 1.54) is 7.11 Å². The molecule has 0 aliphatic heterocycles. The number of esters is 1. The van der Waals surface area contributed by atoms with Crippen LogP contribution in [0.5, 0.6) is 0 Å². The Labute approximate surface area is 106 Å². The zero-order valence-electron chi connectivity index (χ0n) is 10.4. The molecule has 0 saturated carbocycles. The average Bonchev–Trinajstić information content (AvgIpc) is 2.32. The van der Waals surface area contributed by atoms with Gasteiger partial charge in [-0.25, -0.2) is 9.52 Å². The lowest BCUT2D eigenvalue weighted by atomic mass is 10.2. The molecule has 0 heterocycles. The number of ether oxygens (including phenoxy) is 2. The van der Waals surface area contributed by atoms with Crippen molar-refractivity contribution in [2.75, 3.05) is 20.8 Å². The summed E-state index contributed by atoms with van der Waals surface area (Å²) >= 11 is 0. The Balaban J connectivity index is 3.65. The lowest BCUT2D eigenvalue weighted by molar-refractivity contribution is -0.140. The molecule has 0 aromatic carbocycles. The van der Waals surface area contributed by atoms with Gasteiger partial charge in [0, 0.05) is 13.0 Å². The van der Waals surface area contributed by atoms with E-state index in [1.807, 2.05) is 0 Å². The van der Waals surface area contributed by atoms with Crippen molar-refractivity contribution < 1.29 is 27.5 Å². The predicted octanol–water partition coefficient (Wildman–Crippen LogP) is -0.0898. The maximum Gasteiger partial charge on any atom is 0.421 e. The molecule has 0 saturated heterocycles. The topological polar surface area (TPSA) is 111 Å². The molecule has 0 spiro atoms. The molecule has 8 nitrogen and oxygen atoms in total. The standard InChI is InChI=1S/C9H18N2O6S/c1-16-8(12)6-4-3-5-7-10-18(14,15)11-9(13)17-2/h10H,3-7H2,1-2H3,(H,11,13). The van der Waals surface area contributed by atoms with E-state index in [1.54, 1.807) is 4.72 Å². The Morgan fingerprint density at radius 3 is 2.28 bits per heavy atom. The van der Waals surface area contributed by atoms with Crippen LogP contribution in [0.2, 0.25) is 0 Å². The molecule has 0 bridgehead atoms. The van der Waals surface area contributed by atoms with Gasteiger partial charge < -0.3 is 9.47 Å². The van der Waals surface area contributed by atoms with E-state index in [0.29, 0.717) is 25.7 Å². The summed E-state index contributed by atoms with van der Waals surface area (Å²) < 4.78 is 34.8. The zero-order chi connectivity index (χ0) is 14.0. The van der Waals surface area contributed by atoms with Crippen molar-refractivity contribution >= 4 is 22.3 Å². The second kappa shape index (κ2) is 8.70. The molecule has 2 N–H and O–H groups in total. The SMILES string of the molecule is COC(=O)CCCCCNS(=O)(=O)NC(=O)OC. The van der Waals surface area contributed by atoms with Crippen LogP contribution in [0.15, 0.2) is 0 Å². The molecule has 18 heavy (non-hydrogen) atoms. The summed E-state index contributed by atoms with van der Waals surface area (Å²) in [6.07, 6.45) is 1.12. The highest BCUT2D eigenvalue weighted by atomic mass is 32.2. The molecule has 0 aliphatic carbocycles. The fraction of sp³-hybridized carbons (Fsp3) is 0.778. The number of hydrogen-bond acceptors (Lipinski definition) is 6. The fourth-order valence-corrected chi connectivity index (χ4v) is 1.86. The van der Waals surface area contributed by atoms with Gasteiger partial charge in [0.15, 0.2) is 0 Å². The highest BCUT2D eigenvalue weighted by Crippen LogP contribution is 2.00. The molecule has 0 unspecified atom stereocenters. The number of unbranched alkanes of at least 4 members (excludes halogenated alkanes) is 2. The van der Waals surface area contributed by atoms with Crippen molar-refractivity contribution in [1.29, 1.82) is 0 Å². The van der Waals surface area contributed by atoms with E-state index in [2.05, 4.69) is 14.2 Å². The van der Waals surface area contributed by atoms with E-state index in [9.17, 15) is 18.0 Å². The first-order valence-electron chi connectivity index (χ1n) is 5.33. The monoisotopic (exact) mass is 282 g/mol. The highest BCUT2D eigenvalue weighted by Gasteiger charge is 2.12. The second-order valence-electron chi connectivity index (χ2n) is 3.38. The number of methoxy groups -OCH3 is 2. The lowest BCUT2D eigenvalue weighted by Gasteiger charge is -2.06. The molecule has 106 valence electrons. The van der Waals surface area contributed by atoms with Crippen LogP contribution in [0.3, 0.4) is 0 Å². The van der Waals surface area contributed by atoms with Gasteiger partial charge in [-0.2, -0.15) is 13.1 Å². The number of carbonyl (C=O) groups is 2. The van der Waals surface area contributed by atoms with Crippen molar-refractivity contribution in [1.82, 2.24) is 9.44 Å². The van der Waals surface area contributed by atoms with Crippen LogP contribution < -0.4 is 9.44 Å². The smallest absolute Gasteiger partial charge is 0.421 e. The van der Waals surface area contributed by atoms with Crippen molar-refractivity contribution in [2.24, 2.45) is 0 Å². The van der Waals surface area contributed by atoms with Crippen molar-refractivity contribution in [3.8, 4) is 0 Å². The molecule has 0 radical (unpaired) electrons. The number of rotatable bonds is 8. The van der Waals surface area contributed by atoms with Gasteiger partial charge in [0.25, 0.3) is 0 Å². The second-order valence-corrected chi connectivity index (χ2v) is 4.88. The average molecular weight is 282 g/mol. The zero-order valence-corrected chi connectivity index (χ0v) is 11.2. The summed E-state index contributed by atoms with van der Waals surface area (Å²) in [5.41, 5.74) is 0. The Bertz CT molecular complexity index is 367. The molecule has 0 aliphatic rings. The normalized spacial score (nSPS) is 10.8. The molecule has 0 atom stereocenters. The third-order valence-corrected chi connectivity index (χ3v) is 3.00. The number of hydrogen-bond donors (Lipinski definition) is 2. The first-order chi connectivity index (χ1) is 8.41. The van der Waals surface area contributed by atoms with Crippen LogP contribution in [0.25, 0.3) is 0 Å². The maximum atomic E-state index is 11.2. The van der Waals surface area contributed by atoms with Crippen LogP contribution >= 0.6 is 0 Å². The summed E-state index contributed by atoms with van der Waals surface area (Å²) in [7, 11) is -1.49. The third kappa shape index (κ3) is 8.76. The molecular weight excluding hydrogens is 264 g/mol. The highest BCUT2D eigenvalue weighted by molar-refractivity contribution is 7.88. The van der Waals surface area contributed by atoms with Crippen LogP contribution in [-0.2, 0) is 24.5 Å². The number of amides is 1. The number of nitrogens with one attached hydrogen (secondary N) is 2. The van der Waals surface area contributed by atoms with Crippen LogP contribution in [0.4, 0.5) is 4.79 Å². The van der Waals surface area contributed by atoms with E-state index in [4.69, 9.17) is 0 Å². The minimum Gasteiger partial charge on any atom is -0.469 e. The van der Waals surface area contributed by atoms with Gasteiger partial charge in [-0.1, -0.05) is 6.42 Å². The Kier molecular flexibility index (Phi) is 8.05. The van der Waals surface area contributed by atoms with Crippen LogP contribution in [-0.4, -0.2) is 41.2 Å². The van der Waals surface area contributed by atoms with Gasteiger partial charge in [-0.3, -0.25) is 4.79 Å². The van der Waals surface area contributed by atoms with Gasteiger partial charge in [0.2, 0.25) is 0 Å². The summed E-state index contributed by atoms with van der Waals surface area (Å²) in [6.45, 7) is 0.174. The molecule has 0 rings (SSSR count). The molecule has 9 heteroatoms. The lowest BCUT2D eigenvalue weighted by Crippen LogP contribution is -2.40. The Morgan fingerprint density at radius 1 is 1.06 bits per heavy atom. The Morgan fingerprint density at radius 2 is 1.72 bits per heavy atom. The summed E-state index contributed by atoms with van der Waals surface area (Å²) in [5, 5.41) is 0. The largest absolute Gasteiger partial charge is 0.469 e. The Hall–Kier alpha value is -1.35. The summed E-state index contributed by atoms with van der Waals surface area (Å²) in [6, 6.07) is 0. The van der Waals surface area contributed by atoms with E-state index < -0.39 is 16.3 Å². The van der Waals surface area contributed by atoms with Gasteiger partial charge in [0.1, 0.15) is 0 Å². The van der Waals surface area contributed by atoms with Crippen molar-refractivity contribution in [3.05, 3.63) is 0 Å². The predicted molar refractivity (Wildman–Crippen MR) is 62.9 cm³/mol. The maximum absolute atomic E-state index is 11.2. The van der Waals surface area contributed by atoms with Gasteiger partial charge >= 0.3 is 22.3 Å².